The van der Waals surface area contributed by atoms with Gasteiger partial charge in [0.05, 0.1) is 0 Å². The summed E-state index contributed by atoms with van der Waals surface area (Å²) in [5.41, 5.74) is -2.40. The van der Waals surface area contributed by atoms with Crippen molar-refractivity contribution in [2.24, 2.45) is 11.8 Å². The Labute approximate surface area is 56.8 Å². The third-order valence-corrected chi connectivity index (χ3v) is 2.48. The van der Waals surface area contributed by atoms with Gasteiger partial charge in [-0.05, 0) is 11.8 Å². The molecule has 1 saturated carbocycles. The van der Waals surface area contributed by atoms with Crippen LogP contribution in [0.4, 0.5) is 13.2 Å². The van der Waals surface area contributed by atoms with E-state index in [0.29, 0.717) is 0 Å². The molecule has 60 valence electrons. The molecular formula is C6H9F3O. The molecular weight excluding hydrogens is 145 g/mol. The van der Waals surface area contributed by atoms with Crippen LogP contribution < -0.4 is 0 Å². The smallest absolute Gasteiger partial charge is 0.380 e. The predicted molar refractivity (Wildman–Crippen MR) is 29.3 cm³/mol. The molecule has 0 saturated heterocycles. The summed E-state index contributed by atoms with van der Waals surface area (Å²) in [6.07, 6.45) is -4.45. The molecule has 3 atom stereocenters. The zero-order valence-corrected chi connectivity index (χ0v) is 5.74. The van der Waals surface area contributed by atoms with E-state index < -0.39 is 23.6 Å². The minimum Gasteiger partial charge on any atom is -0.380 e. The van der Waals surface area contributed by atoms with Gasteiger partial charge in [-0.3, -0.25) is 0 Å². The molecule has 0 spiro atoms. The lowest BCUT2D eigenvalue weighted by Crippen LogP contribution is -2.33. The largest absolute Gasteiger partial charge is 0.417 e. The van der Waals surface area contributed by atoms with Gasteiger partial charge >= 0.3 is 6.18 Å². The first-order valence-corrected chi connectivity index (χ1v) is 3.11. The molecule has 1 unspecified atom stereocenters. The van der Waals surface area contributed by atoms with Crippen LogP contribution in [-0.4, -0.2) is 16.9 Å². The van der Waals surface area contributed by atoms with Gasteiger partial charge in [0.2, 0.25) is 0 Å². The van der Waals surface area contributed by atoms with E-state index in [1.165, 1.54) is 13.8 Å². The molecule has 1 N–H and O–H groups in total. The summed E-state index contributed by atoms with van der Waals surface area (Å²) in [5.74, 6) is -1.29. The van der Waals surface area contributed by atoms with E-state index in [0.717, 1.165) is 0 Å². The number of aliphatic hydroxyl groups is 1. The van der Waals surface area contributed by atoms with Gasteiger partial charge in [-0.15, -0.1) is 0 Å². The van der Waals surface area contributed by atoms with Gasteiger partial charge < -0.3 is 5.11 Å². The maximum absolute atomic E-state index is 11.9. The van der Waals surface area contributed by atoms with Crippen LogP contribution in [0.15, 0.2) is 0 Å². The SMILES string of the molecule is C[C@@H]1[C@H](C)C1(O)C(F)(F)F. The summed E-state index contributed by atoms with van der Waals surface area (Å²) in [4.78, 5) is 0. The highest BCUT2D eigenvalue weighted by atomic mass is 19.4. The zero-order chi connectivity index (χ0) is 8.15. The second-order valence-electron chi connectivity index (χ2n) is 2.90. The van der Waals surface area contributed by atoms with Crippen molar-refractivity contribution in [1.29, 1.82) is 0 Å². The van der Waals surface area contributed by atoms with Gasteiger partial charge in [-0.25, -0.2) is 0 Å². The van der Waals surface area contributed by atoms with Crippen molar-refractivity contribution in [2.45, 2.75) is 25.6 Å². The van der Waals surface area contributed by atoms with E-state index in [1.54, 1.807) is 0 Å². The Bertz CT molecular complexity index is 144. The Morgan fingerprint density at radius 1 is 1.20 bits per heavy atom. The summed E-state index contributed by atoms with van der Waals surface area (Å²) >= 11 is 0. The number of hydrogen-bond acceptors (Lipinski definition) is 1. The fourth-order valence-electron chi connectivity index (χ4n) is 1.27. The fraction of sp³-hybridized carbons (Fsp3) is 1.00. The number of alkyl halides is 3. The maximum atomic E-state index is 11.9. The average Bonchev–Trinajstić information content (AvgIpc) is 2.19. The second-order valence-corrected chi connectivity index (χ2v) is 2.90. The van der Waals surface area contributed by atoms with Crippen LogP contribution in [0.5, 0.6) is 0 Å². The monoisotopic (exact) mass is 154 g/mol. The van der Waals surface area contributed by atoms with Crippen molar-refractivity contribution >= 4 is 0 Å². The molecule has 1 fully saturated rings. The van der Waals surface area contributed by atoms with E-state index >= 15 is 0 Å². The molecule has 0 bridgehead atoms. The van der Waals surface area contributed by atoms with Gasteiger partial charge in [0.1, 0.15) is 0 Å². The molecule has 0 aromatic heterocycles. The minimum absolute atomic E-state index is 0.646. The standard InChI is InChI=1S/C6H9F3O/c1-3-4(2)5(3,10)6(7,8)9/h3-4,10H,1-2H3/t3-,4+,5?. The third-order valence-electron chi connectivity index (χ3n) is 2.48. The van der Waals surface area contributed by atoms with Crippen LogP contribution in [0.25, 0.3) is 0 Å². The summed E-state index contributed by atoms with van der Waals surface area (Å²) in [6, 6.07) is 0. The zero-order valence-electron chi connectivity index (χ0n) is 5.74. The van der Waals surface area contributed by atoms with E-state index in [1.807, 2.05) is 0 Å². The van der Waals surface area contributed by atoms with Crippen molar-refractivity contribution in [3.63, 3.8) is 0 Å². The normalized spacial score (nSPS) is 47.4. The molecule has 1 aliphatic carbocycles. The van der Waals surface area contributed by atoms with Crippen LogP contribution in [0.1, 0.15) is 13.8 Å². The van der Waals surface area contributed by atoms with Crippen LogP contribution in [0, 0.1) is 11.8 Å². The molecule has 0 aliphatic heterocycles. The minimum atomic E-state index is -4.45. The predicted octanol–water partition coefficient (Wildman–Crippen LogP) is 1.57. The molecule has 0 radical (unpaired) electrons. The first kappa shape index (κ1) is 7.85. The van der Waals surface area contributed by atoms with Crippen molar-refractivity contribution in [2.75, 3.05) is 0 Å². The van der Waals surface area contributed by atoms with Crippen LogP contribution in [-0.2, 0) is 0 Å². The highest BCUT2D eigenvalue weighted by Crippen LogP contribution is 2.58. The lowest BCUT2D eigenvalue weighted by molar-refractivity contribution is -0.227. The van der Waals surface area contributed by atoms with Crippen molar-refractivity contribution in [3.05, 3.63) is 0 Å². The lowest BCUT2D eigenvalue weighted by Gasteiger charge is -2.13. The fourth-order valence-corrected chi connectivity index (χ4v) is 1.27. The average molecular weight is 154 g/mol. The van der Waals surface area contributed by atoms with E-state index in [4.69, 9.17) is 5.11 Å². The third kappa shape index (κ3) is 0.682. The Morgan fingerprint density at radius 3 is 1.50 bits per heavy atom. The summed E-state index contributed by atoms with van der Waals surface area (Å²) < 4.78 is 35.6. The highest BCUT2D eigenvalue weighted by Gasteiger charge is 2.73. The molecule has 0 aromatic carbocycles. The molecule has 1 nitrogen and oxygen atoms in total. The summed E-state index contributed by atoms with van der Waals surface area (Å²) in [5, 5.41) is 8.88. The van der Waals surface area contributed by atoms with Crippen molar-refractivity contribution in [1.82, 2.24) is 0 Å². The topological polar surface area (TPSA) is 20.2 Å². The maximum Gasteiger partial charge on any atom is 0.417 e. The lowest BCUT2D eigenvalue weighted by atomic mass is 10.2. The molecule has 1 rings (SSSR count). The van der Waals surface area contributed by atoms with Crippen LogP contribution >= 0.6 is 0 Å². The molecule has 0 amide bonds. The van der Waals surface area contributed by atoms with Gasteiger partial charge in [-0.2, -0.15) is 13.2 Å². The van der Waals surface area contributed by atoms with E-state index in [9.17, 15) is 13.2 Å². The Hall–Kier alpha value is -0.250. The number of hydrogen-bond donors (Lipinski definition) is 1. The second kappa shape index (κ2) is 1.67. The van der Waals surface area contributed by atoms with Crippen molar-refractivity contribution in [3.8, 4) is 0 Å². The molecule has 0 aromatic rings. The van der Waals surface area contributed by atoms with E-state index in [2.05, 4.69) is 0 Å². The quantitative estimate of drug-likeness (QED) is 0.561. The first-order chi connectivity index (χ1) is 4.32. The number of rotatable bonds is 0. The number of halogens is 3. The Kier molecular flexibility index (Phi) is 1.31. The molecule has 10 heavy (non-hydrogen) atoms. The molecule has 0 heterocycles. The van der Waals surface area contributed by atoms with Crippen LogP contribution in [0.3, 0.4) is 0 Å². The van der Waals surface area contributed by atoms with Gasteiger partial charge in [0.25, 0.3) is 0 Å². The van der Waals surface area contributed by atoms with Gasteiger partial charge in [-0.1, -0.05) is 13.8 Å². The Morgan fingerprint density at radius 2 is 1.50 bits per heavy atom. The molecule has 4 heteroatoms. The summed E-state index contributed by atoms with van der Waals surface area (Å²) in [7, 11) is 0. The first-order valence-electron chi connectivity index (χ1n) is 3.11. The van der Waals surface area contributed by atoms with Gasteiger partial charge in [0, 0.05) is 0 Å². The van der Waals surface area contributed by atoms with E-state index in [-0.39, 0.29) is 0 Å². The highest BCUT2D eigenvalue weighted by molar-refractivity contribution is 5.12. The molecule has 1 aliphatic rings. The summed E-state index contributed by atoms with van der Waals surface area (Å²) in [6.45, 7) is 2.80. The van der Waals surface area contributed by atoms with Crippen LogP contribution in [0.2, 0.25) is 0 Å². The van der Waals surface area contributed by atoms with Crippen molar-refractivity contribution < 1.29 is 18.3 Å². The van der Waals surface area contributed by atoms with Gasteiger partial charge in [0.15, 0.2) is 5.60 Å². The Balaban J connectivity index is 2.75.